The van der Waals surface area contributed by atoms with E-state index in [1.807, 2.05) is 5.32 Å². The number of nitrogens with zero attached hydrogens (tertiary/aromatic N) is 3. The number of rotatable bonds is 8. The monoisotopic (exact) mass is 516 g/mol. The SMILES string of the molecule is CCOc1cc(OCC)nc(NC(=O)NS(=O)(=O)c2nc(C(F)(F)F)ccc2C(=O)OC)n1.[Na+]. The number of anilines is 1. The second-order valence-electron chi connectivity index (χ2n) is 5.83. The quantitative estimate of drug-likeness (QED) is 0.329. The number of nitrogens with one attached hydrogen (secondary N) is 2. The van der Waals surface area contributed by atoms with Crippen molar-refractivity contribution in [2.24, 2.45) is 0 Å². The Kier molecular flexibility index (Phi) is 10.5. The number of amides is 2. The van der Waals surface area contributed by atoms with Gasteiger partial charge in [-0.05, 0) is 26.0 Å². The van der Waals surface area contributed by atoms with Crippen LogP contribution in [-0.2, 0) is 20.9 Å². The van der Waals surface area contributed by atoms with Crippen molar-refractivity contribution in [3.8, 4) is 11.8 Å². The summed E-state index contributed by atoms with van der Waals surface area (Å²) in [6, 6.07) is 0.827. The van der Waals surface area contributed by atoms with Crippen LogP contribution in [0.2, 0.25) is 0 Å². The van der Waals surface area contributed by atoms with E-state index in [0.29, 0.717) is 12.1 Å². The number of methoxy groups -OCH3 is 1. The van der Waals surface area contributed by atoms with Gasteiger partial charge >= 0.3 is 47.7 Å². The Morgan fingerprint density at radius 3 is 2.06 bits per heavy atom. The van der Waals surface area contributed by atoms with Crippen LogP contribution in [0, 0.1) is 0 Å². The largest absolute Gasteiger partial charge is 1.00 e. The molecule has 0 aromatic carbocycles. The summed E-state index contributed by atoms with van der Waals surface area (Å²) in [5.74, 6) is -1.71. The van der Waals surface area contributed by atoms with Crippen LogP contribution < -0.4 is 49.1 Å². The second-order valence-corrected chi connectivity index (χ2v) is 7.43. The van der Waals surface area contributed by atoms with Crippen LogP contribution in [0.5, 0.6) is 11.8 Å². The Balaban J connectivity index is 0.00000578. The molecule has 0 spiro atoms. The average Bonchev–Trinajstić information content (AvgIpc) is 2.72. The molecule has 2 aromatic rings. The van der Waals surface area contributed by atoms with Gasteiger partial charge < -0.3 is 14.2 Å². The third-order valence-corrected chi connectivity index (χ3v) is 4.80. The Morgan fingerprint density at radius 1 is 1.03 bits per heavy atom. The summed E-state index contributed by atoms with van der Waals surface area (Å²) in [7, 11) is -4.20. The van der Waals surface area contributed by atoms with Gasteiger partial charge in [0.15, 0.2) is 5.03 Å². The fraction of sp³-hybridized carbons (Fsp3) is 0.353. The van der Waals surface area contributed by atoms with Gasteiger partial charge in [0.05, 0.1) is 32.0 Å². The van der Waals surface area contributed by atoms with E-state index < -0.39 is 50.4 Å². The van der Waals surface area contributed by atoms with Crippen LogP contribution in [-0.4, -0.2) is 55.7 Å². The molecular weight excluding hydrogens is 498 g/mol. The minimum atomic E-state index is -5.08. The molecule has 2 heterocycles. The summed E-state index contributed by atoms with van der Waals surface area (Å²) in [4.78, 5) is 34.7. The molecule has 0 atom stereocenters. The number of ether oxygens (including phenoxy) is 3. The molecule has 0 aliphatic heterocycles. The van der Waals surface area contributed by atoms with E-state index in [1.54, 1.807) is 13.8 Å². The Morgan fingerprint density at radius 2 is 1.59 bits per heavy atom. The summed E-state index contributed by atoms with van der Waals surface area (Å²) in [5.41, 5.74) is -2.43. The summed E-state index contributed by atoms with van der Waals surface area (Å²) in [6.07, 6.45) is -5.02. The fourth-order valence-corrected chi connectivity index (χ4v) is 3.32. The third-order valence-electron chi connectivity index (χ3n) is 3.53. The number of hydrogen-bond acceptors (Lipinski definition) is 10. The van der Waals surface area contributed by atoms with Crippen molar-refractivity contribution < 1.29 is 74.9 Å². The zero-order chi connectivity index (χ0) is 24.8. The normalized spacial score (nSPS) is 11.1. The predicted molar refractivity (Wildman–Crippen MR) is 104 cm³/mol. The summed E-state index contributed by atoms with van der Waals surface area (Å²) < 4.78 is 80.4. The molecule has 2 N–H and O–H groups in total. The molecule has 2 aromatic heterocycles. The average molecular weight is 516 g/mol. The molecular formula is C17H18F3N5NaO7S+. The number of urea groups is 1. The van der Waals surface area contributed by atoms with E-state index in [-0.39, 0.29) is 54.5 Å². The molecule has 0 aliphatic carbocycles. The topological polar surface area (TPSA) is 159 Å². The van der Waals surface area contributed by atoms with Crippen molar-refractivity contribution in [1.29, 1.82) is 0 Å². The van der Waals surface area contributed by atoms with E-state index in [4.69, 9.17) is 9.47 Å². The first-order chi connectivity index (χ1) is 15.4. The number of hydrogen-bond donors (Lipinski definition) is 2. The number of pyridine rings is 1. The number of esters is 1. The number of alkyl halides is 3. The summed E-state index contributed by atoms with van der Waals surface area (Å²) in [5, 5.41) is 0.633. The van der Waals surface area contributed by atoms with Crippen molar-refractivity contribution in [3.05, 3.63) is 29.5 Å². The molecule has 180 valence electrons. The van der Waals surface area contributed by atoms with Crippen LogP contribution in [0.3, 0.4) is 0 Å². The molecule has 0 saturated heterocycles. The van der Waals surface area contributed by atoms with Gasteiger partial charge in [-0.3, -0.25) is 5.32 Å². The van der Waals surface area contributed by atoms with E-state index in [9.17, 15) is 31.2 Å². The first-order valence-corrected chi connectivity index (χ1v) is 10.5. The first-order valence-electron chi connectivity index (χ1n) is 9.06. The molecule has 0 aliphatic rings. The molecule has 0 bridgehead atoms. The van der Waals surface area contributed by atoms with Gasteiger partial charge in [-0.25, -0.2) is 19.3 Å². The van der Waals surface area contributed by atoms with Gasteiger partial charge in [-0.1, -0.05) is 0 Å². The molecule has 34 heavy (non-hydrogen) atoms. The van der Waals surface area contributed by atoms with Crippen molar-refractivity contribution in [2.45, 2.75) is 25.0 Å². The van der Waals surface area contributed by atoms with Gasteiger partial charge in [0.2, 0.25) is 17.7 Å². The minimum absolute atomic E-state index is 0. The predicted octanol–water partition coefficient (Wildman–Crippen LogP) is -1.01. The zero-order valence-electron chi connectivity index (χ0n) is 18.4. The number of aromatic nitrogens is 3. The van der Waals surface area contributed by atoms with Crippen molar-refractivity contribution in [3.63, 3.8) is 0 Å². The smallest absolute Gasteiger partial charge is 0.478 e. The van der Waals surface area contributed by atoms with Crippen LogP contribution in [0.15, 0.2) is 23.2 Å². The van der Waals surface area contributed by atoms with Gasteiger partial charge in [0.25, 0.3) is 10.0 Å². The van der Waals surface area contributed by atoms with Crippen LogP contribution in [0.25, 0.3) is 0 Å². The standard InChI is InChI=1S/C17H18F3N5O7S.Na/c1-4-31-11-8-12(32-5-2)23-15(22-11)24-16(27)25-33(28,29)13-9(14(26)30-3)6-7-10(21-13)17(18,19)20;/h6-8H,4-5H2,1-3H3,(H2,22,23,24,25,27);/q;+1. The van der Waals surface area contributed by atoms with E-state index in [1.165, 1.54) is 10.8 Å². The molecule has 2 amide bonds. The number of halogens is 3. The molecule has 12 nitrogen and oxygen atoms in total. The zero-order valence-corrected chi connectivity index (χ0v) is 21.2. The van der Waals surface area contributed by atoms with E-state index >= 15 is 0 Å². The van der Waals surface area contributed by atoms with Gasteiger partial charge in [0.1, 0.15) is 5.69 Å². The summed E-state index contributed by atoms with van der Waals surface area (Å²) >= 11 is 0. The first kappa shape index (κ1) is 29.3. The van der Waals surface area contributed by atoms with Crippen LogP contribution >= 0.6 is 0 Å². The number of carbonyl (C=O) groups is 2. The maximum Gasteiger partial charge on any atom is 1.00 e. The Labute approximate surface area is 214 Å². The minimum Gasteiger partial charge on any atom is -0.478 e. The van der Waals surface area contributed by atoms with Crippen molar-refractivity contribution >= 4 is 28.0 Å². The Hall–Kier alpha value is -2.69. The van der Waals surface area contributed by atoms with E-state index in [0.717, 1.165) is 7.11 Å². The van der Waals surface area contributed by atoms with Gasteiger partial charge in [-0.2, -0.15) is 31.6 Å². The van der Waals surface area contributed by atoms with Crippen LogP contribution in [0.1, 0.15) is 29.9 Å². The maximum absolute atomic E-state index is 13.0. The molecule has 2 rings (SSSR count). The molecule has 0 fully saturated rings. The van der Waals surface area contributed by atoms with Gasteiger partial charge in [-0.15, -0.1) is 0 Å². The Bertz CT molecular complexity index is 1120. The number of sulfonamides is 1. The molecule has 0 saturated carbocycles. The maximum atomic E-state index is 13.0. The number of carbonyl (C=O) groups excluding carboxylic acids is 2. The molecule has 0 unspecified atom stereocenters. The fourth-order valence-electron chi connectivity index (χ4n) is 2.27. The van der Waals surface area contributed by atoms with Crippen LogP contribution in [0.4, 0.5) is 23.9 Å². The van der Waals surface area contributed by atoms with E-state index in [2.05, 4.69) is 19.7 Å². The van der Waals surface area contributed by atoms with Gasteiger partial charge in [0, 0.05) is 0 Å². The van der Waals surface area contributed by atoms with Crippen molar-refractivity contribution in [1.82, 2.24) is 19.7 Å². The third kappa shape index (κ3) is 7.68. The van der Waals surface area contributed by atoms with Crippen molar-refractivity contribution in [2.75, 3.05) is 25.6 Å². The molecule has 17 heteroatoms. The summed E-state index contributed by atoms with van der Waals surface area (Å²) in [6.45, 7) is 3.74. The second kappa shape index (κ2) is 12.1. The molecule has 0 radical (unpaired) electrons.